The van der Waals surface area contributed by atoms with Crippen LogP contribution in [0.2, 0.25) is 0 Å². The van der Waals surface area contributed by atoms with Crippen LogP contribution in [-0.2, 0) is 0 Å². The van der Waals surface area contributed by atoms with Crippen LogP contribution in [0.25, 0.3) is 4.96 Å². The van der Waals surface area contributed by atoms with Crippen LogP contribution < -0.4 is 5.32 Å². The Kier molecular flexibility index (Phi) is 3.93. The van der Waals surface area contributed by atoms with Crippen molar-refractivity contribution < 1.29 is 4.79 Å². The summed E-state index contributed by atoms with van der Waals surface area (Å²) in [4.78, 5) is 14.1. The summed E-state index contributed by atoms with van der Waals surface area (Å²) in [5, 5.41) is 11.4. The van der Waals surface area contributed by atoms with Crippen molar-refractivity contribution in [3.05, 3.63) is 45.7 Å². The Hall–Kier alpha value is -2.21. The summed E-state index contributed by atoms with van der Waals surface area (Å²) < 4.78 is 1.98. The highest BCUT2D eigenvalue weighted by Crippen LogP contribution is 2.26. The molecule has 0 unspecified atom stereocenters. The Morgan fingerprint density at radius 2 is 1.91 bits per heavy atom. The highest BCUT2D eigenvalue weighted by molar-refractivity contribution is 7.19. The first-order chi connectivity index (χ1) is 10.9. The van der Waals surface area contributed by atoms with Gasteiger partial charge in [0.25, 0.3) is 5.91 Å². The Morgan fingerprint density at radius 1 is 1.17 bits per heavy atom. The van der Waals surface area contributed by atoms with Crippen LogP contribution in [0.5, 0.6) is 0 Å². The number of nitrogens with zero attached hydrogens (tertiary/aromatic N) is 3. The Morgan fingerprint density at radius 3 is 2.57 bits per heavy atom. The molecule has 3 aromatic rings. The lowest BCUT2D eigenvalue weighted by Gasteiger charge is -2.07. The molecule has 0 aliphatic rings. The number of aryl methyl sites for hydroxylation is 3. The normalized spacial score (nSPS) is 11.4. The molecule has 0 spiro atoms. The standard InChI is InChI=1S/C17H20N4OS/c1-9(2)15-19-20-17-21(15)12(5)14(23-17)16(22)18-13-7-6-10(3)11(4)8-13/h6-9H,1-5H3,(H,18,22). The maximum absolute atomic E-state index is 12.6. The van der Waals surface area contributed by atoms with E-state index in [0.717, 1.165) is 27.7 Å². The molecular weight excluding hydrogens is 308 g/mol. The molecule has 0 aliphatic carbocycles. The van der Waals surface area contributed by atoms with Gasteiger partial charge in [-0.15, -0.1) is 10.2 Å². The lowest BCUT2D eigenvalue weighted by Crippen LogP contribution is -2.12. The van der Waals surface area contributed by atoms with E-state index in [4.69, 9.17) is 0 Å². The molecule has 120 valence electrons. The molecule has 0 fully saturated rings. The van der Waals surface area contributed by atoms with Gasteiger partial charge in [0, 0.05) is 17.3 Å². The monoisotopic (exact) mass is 328 g/mol. The largest absolute Gasteiger partial charge is 0.321 e. The van der Waals surface area contributed by atoms with Crippen molar-refractivity contribution in [1.29, 1.82) is 0 Å². The van der Waals surface area contributed by atoms with E-state index in [1.165, 1.54) is 16.9 Å². The topological polar surface area (TPSA) is 59.3 Å². The van der Waals surface area contributed by atoms with Gasteiger partial charge in [0.05, 0.1) is 0 Å². The second-order valence-corrected chi connectivity index (χ2v) is 7.08. The van der Waals surface area contributed by atoms with E-state index in [1.807, 2.05) is 36.4 Å². The predicted molar refractivity (Wildman–Crippen MR) is 93.6 cm³/mol. The molecule has 0 atom stereocenters. The average Bonchev–Trinajstić information content (AvgIpc) is 3.04. The Bertz CT molecular complexity index is 892. The van der Waals surface area contributed by atoms with E-state index in [9.17, 15) is 4.79 Å². The van der Waals surface area contributed by atoms with Crippen LogP contribution in [-0.4, -0.2) is 20.5 Å². The smallest absolute Gasteiger partial charge is 0.267 e. The van der Waals surface area contributed by atoms with Crippen molar-refractivity contribution in [2.24, 2.45) is 0 Å². The second-order valence-electron chi connectivity index (χ2n) is 6.10. The molecule has 0 saturated carbocycles. The molecule has 1 aromatic carbocycles. The summed E-state index contributed by atoms with van der Waals surface area (Å²) >= 11 is 1.37. The predicted octanol–water partition coefficient (Wildman–Crippen LogP) is 4.09. The van der Waals surface area contributed by atoms with E-state index >= 15 is 0 Å². The van der Waals surface area contributed by atoms with Crippen LogP contribution in [0.15, 0.2) is 18.2 Å². The van der Waals surface area contributed by atoms with E-state index in [-0.39, 0.29) is 11.8 Å². The van der Waals surface area contributed by atoms with Crippen LogP contribution in [0.3, 0.4) is 0 Å². The van der Waals surface area contributed by atoms with Gasteiger partial charge in [-0.25, -0.2) is 0 Å². The van der Waals surface area contributed by atoms with Crippen LogP contribution in [0.4, 0.5) is 5.69 Å². The third-order valence-corrected chi connectivity index (χ3v) is 5.13. The summed E-state index contributed by atoms with van der Waals surface area (Å²) in [5.41, 5.74) is 4.07. The molecule has 2 aromatic heterocycles. The molecule has 0 saturated heterocycles. The maximum atomic E-state index is 12.6. The molecule has 3 rings (SSSR count). The number of anilines is 1. The number of fused-ring (bicyclic) bond motifs is 1. The van der Waals surface area contributed by atoms with Crippen molar-refractivity contribution in [3.63, 3.8) is 0 Å². The van der Waals surface area contributed by atoms with E-state index in [1.54, 1.807) is 0 Å². The first kappa shape index (κ1) is 15.7. The average molecular weight is 328 g/mol. The van der Waals surface area contributed by atoms with Crippen LogP contribution >= 0.6 is 11.3 Å². The fraction of sp³-hybridized carbons (Fsp3) is 0.353. The number of thiazole rings is 1. The number of benzene rings is 1. The molecule has 1 N–H and O–H groups in total. The summed E-state index contributed by atoms with van der Waals surface area (Å²) in [6.45, 7) is 10.2. The van der Waals surface area contributed by atoms with Crippen molar-refractivity contribution in [3.8, 4) is 0 Å². The summed E-state index contributed by atoms with van der Waals surface area (Å²) in [6, 6.07) is 5.93. The number of hydrogen-bond donors (Lipinski definition) is 1. The van der Waals surface area contributed by atoms with Gasteiger partial charge < -0.3 is 5.32 Å². The molecule has 1 amide bonds. The zero-order valence-corrected chi connectivity index (χ0v) is 14.8. The lowest BCUT2D eigenvalue weighted by atomic mass is 10.1. The number of hydrogen-bond acceptors (Lipinski definition) is 4. The van der Waals surface area contributed by atoms with Gasteiger partial charge in [0.1, 0.15) is 10.7 Å². The van der Waals surface area contributed by atoms with Gasteiger partial charge in [-0.3, -0.25) is 9.20 Å². The molecule has 6 heteroatoms. The van der Waals surface area contributed by atoms with Gasteiger partial charge >= 0.3 is 0 Å². The van der Waals surface area contributed by atoms with Crippen molar-refractivity contribution in [2.45, 2.75) is 40.5 Å². The summed E-state index contributed by atoms with van der Waals surface area (Å²) in [5.74, 6) is 1.05. The van der Waals surface area contributed by atoms with Gasteiger partial charge in [-0.05, 0) is 44.0 Å². The van der Waals surface area contributed by atoms with Gasteiger partial charge in [0.15, 0.2) is 0 Å². The minimum absolute atomic E-state index is 0.101. The number of aromatic nitrogens is 3. The van der Waals surface area contributed by atoms with Gasteiger partial charge in [-0.2, -0.15) is 0 Å². The third-order valence-electron chi connectivity index (χ3n) is 4.00. The summed E-state index contributed by atoms with van der Waals surface area (Å²) in [6.07, 6.45) is 0. The molecule has 5 nitrogen and oxygen atoms in total. The number of amides is 1. The second kappa shape index (κ2) is 5.77. The molecule has 0 radical (unpaired) electrons. The fourth-order valence-corrected chi connectivity index (χ4v) is 3.49. The number of carbonyl (C=O) groups is 1. The number of carbonyl (C=O) groups excluding carboxylic acids is 1. The molecule has 23 heavy (non-hydrogen) atoms. The van der Waals surface area contributed by atoms with E-state index in [0.29, 0.717) is 4.88 Å². The van der Waals surface area contributed by atoms with Crippen molar-refractivity contribution >= 4 is 27.9 Å². The van der Waals surface area contributed by atoms with Gasteiger partial charge in [0.2, 0.25) is 4.96 Å². The van der Waals surface area contributed by atoms with E-state index in [2.05, 4.69) is 36.3 Å². The number of nitrogens with one attached hydrogen (secondary N) is 1. The van der Waals surface area contributed by atoms with Crippen LogP contribution in [0, 0.1) is 20.8 Å². The Labute approximate surface area is 139 Å². The SMILES string of the molecule is Cc1ccc(NC(=O)c2sc3nnc(C(C)C)n3c2C)cc1C. The quantitative estimate of drug-likeness (QED) is 0.787. The minimum Gasteiger partial charge on any atom is -0.321 e. The molecule has 0 bridgehead atoms. The zero-order valence-electron chi connectivity index (χ0n) is 14.0. The lowest BCUT2D eigenvalue weighted by molar-refractivity contribution is 0.102. The first-order valence-electron chi connectivity index (χ1n) is 7.61. The third kappa shape index (κ3) is 2.74. The van der Waals surface area contributed by atoms with E-state index < -0.39 is 0 Å². The Balaban J connectivity index is 1.94. The minimum atomic E-state index is -0.101. The fourth-order valence-electron chi connectivity index (χ4n) is 2.52. The van der Waals surface area contributed by atoms with Gasteiger partial charge in [-0.1, -0.05) is 31.3 Å². The highest BCUT2D eigenvalue weighted by Gasteiger charge is 2.21. The highest BCUT2D eigenvalue weighted by atomic mass is 32.1. The molecular formula is C17H20N4OS. The maximum Gasteiger partial charge on any atom is 0.267 e. The number of rotatable bonds is 3. The van der Waals surface area contributed by atoms with Crippen LogP contribution in [0.1, 0.15) is 52.1 Å². The van der Waals surface area contributed by atoms with Crippen molar-refractivity contribution in [1.82, 2.24) is 14.6 Å². The zero-order chi connectivity index (χ0) is 16.7. The molecule has 0 aliphatic heterocycles. The molecule has 2 heterocycles. The first-order valence-corrected chi connectivity index (χ1v) is 8.43. The summed E-state index contributed by atoms with van der Waals surface area (Å²) in [7, 11) is 0. The van der Waals surface area contributed by atoms with Crippen molar-refractivity contribution in [2.75, 3.05) is 5.32 Å².